The summed E-state index contributed by atoms with van der Waals surface area (Å²) in [7, 11) is -3.60. The summed E-state index contributed by atoms with van der Waals surface area (Å²) in [5.41, 5.74) is 0.140. The summed E-state index contributed by atoms with van der Waals surface area (Å²) in [6, 6.07) is 2.50. The zero-order valence-electron chi connectivity index (χ0n) is 8.87. The molecule has 0 aliphatic heterocycles. The lowest BCUT2D eigenvalue weighted by Crippen LogP contribution is -2.19. The third-order valence-corrected chi connectivity index (χ3v) is 2.13. The van der Waals surface area contributed by atoms with Crippen molar-refractivity contribution in [1.82, 2.24) is 4.98 Å². The number of rotatable bonds is 3. The second kappa shape index (κ2) is 4.40. The van der Waals surface area contributed by atoms with E-state index < -0.39 is 22.3 Å². The van der Waals surface area contributed by atoms with E-state index in [1.807, 2.05) is 4.72 Å². The van der Waals surface area contributed by atoms with Crippen LogP contribution in [0.1, 0.15) is 5.56 Å². The van der Waals surface area contributed by atoms with Crippen LogP contribution in [0.2, 0.25) is 0 Å². The van der Waals surface area contributed by atoms with Gasteiger partial charge in [0, 0.05) is 5.56 Å². The van der Waals surface area contributed by atoms with Gasteiger partial charge in [-0.05, 0) is 13.0 Å². The van der Waals surface area contributed by atoms with E-state index in [2.05, 4.69) is 9.72 Å². The molecule has 9 heteroatoms. The first kappa shape index (κ1) is 13.6. The molecule has 0 amide bonds. The van der Waals surface area contributed by atoms with Crippen LogP contribution < -0.4 is 9.46 Å². The largest absolute Gasteiger partial charge is 0.574 e. The number of ether oxygens (including phenoxy) is 1. The van der Waals surface area contributed by atoms with E-state index >= 15 is 0 Å². The van der Waals surface area contributed by atoms with Gasteiger partial charge in [0.25, 0.3) is 0 Å². The lowest BCUT2D eigenvalue weighted by Gasteiger charge is -2.11. The first-order chi connectivity index (χ1) is 7.57. The van der Waals surface area contributed by atoms with E-state index in [-0.39, 0.29) is 11.4 Å². The highest BCUT2D eigenvalue weighted by atomic mass is 32.2. The molecule has 1 N–H and O–H groups in total. The summed E-state index contributed by atoms with van der Waals surface area (Å²) in [5.74, 6) is -0.927. The molecule has 0 atom stereocenters. The number of halogens is 3. The van der Waals surface area contributed by atoms with Crippen LogP contribution >= 0.6 is 0 Å². The fourth-order valence-corrected chi connectivity index (χ4v) is 1.46. The molecule has 0 saturated heterocycles. The molecule has 0 aliphatic carbocycles. The number of hydrogen-bond acceptors (Lipinski definition) is 4. The molecule has 0 spiro atoms. The van der Waals surface area contributed by atoms with Gasteiger partial charge in [-0.15, -0.1) is 13.2 Å². The fourth-order valence-electron chi connectivity index (χ4n) is 0.970. The molecule has 1 heterocycles. The predicted molar refractivity (Wildman–Crippen MR) is 54.1 cm³/mol. The number of aromatic nitrogens is 1. The van der Waals surface area contributed by atoms with Crippen LogP contribution in [-0.4, -0.2) is 26.0 Å². The van der Waals surface area contributed by atoms with Crippen molar-refractivity contribution in [2.75, 3.05) is 11.0 Å². The van der Waals surface area contributed by atoms with Gasteiger partial charge in [0.2, 0.25) is 15.9 Å². The third kappa shape index (κ3) is 4.89. The monoisotopic (exact) mass is 270 g/mol. The second-order valence-corrected chi connectivity index (χ2v) is 4.99. The van der Waals surface area contributed by atoms with Crippen molar-refractivity contribution in [1.29, 1.82) is 0 Å². The Morgan fingerprint density at radius 2 is 1.94 bits per heavy atom. The summed E-state index contributed by atoms with van der Waals surface area (Å²) in [5, 5.41) is 0. The van der Waals surface area contributed by atoms with Gasteiger partial charge in [0.05, 0.1) is 6.26 Å². The predicted octanol–water partition coefficient (Wildman–Crippen LogP) is 1.66. The first-order valence-corrected chi connectivity index (χ1v) is 6.17. The Bertz CT molecular complexity index is 513. The Morgan fingerprint density at radius 1 is 1.35 bits per heavy atom. The molecule has 1 aromatic heterocycles. The maximum atomic E-state index is 12.0. The number of hydrogen-bond donors (Lipinski definition) is 1. The lowest BCUT2D eigenvalue weighted by atomic mass is 10.3. The minimum Gasteiger partial charge on any atom is -0.388 e. The average molecular weight is 270 g/mol. The average Bonchev–Trinajstić information content (AvgIpc) is 2.05. The molecule has 1 aromatic rings. The van der Waals surface area contributed by atoms with Crippen LogP contribution in [-0.2, 0) is 10.0 Å². The van der Waals surface area contributed by atoms with Crippen molar-refractivity contribution in [3.63, 3.8) is 0 Å². The summed E-state index contributed by atoms with van der Waals surface area (Å²) in [6.07, 6.45) is -4.01. The number of nitrogens with one attached hydrogen (secondary N) is 1. The van der Waals surface area contributed by atoms with Gasteiger partial charge in [-0.2, -0.15) is 4.98 Å². The normalized spacial score (nSPS) is 12.3. The molecular formula is C8H9F3N2O3S. The van der Waals surface area contributed by atoms with E-state index in [0.717, 1.165) is 6.26 Å². The van der Waals surface area contributed by atoms with E-state index in [4.69, 9.17) is 0 Å². The molecule has 5 nitrogen and oxygen atoms in total. The van der Waals surface area contributed by atoms with Crippen LogP contribution in [0, 0.1) is 6.92 Å². The van der Waals surface area contributed by atoms with E-state index in [1.54, 1.807) is 0 Å². The van der Waals surface area contributed by atoms with Gasteiger partial charge in [-0.25, -0.2) is 8.42 Å². The summed E-state index contributed by atoms with van der Waals surface area (Å²) in [6.45, 7) is 1.36. The maximum Gasteiger partial charge on any atom is 0.574 e. The molecule has 0 unspecified atom stereocenters. The van der Waals surface area contributed by atoms with Crippen molar-refractivity contribution in [3.05, 3.63) is 17.7 Å². The third-order valence-electron chi connectivity index (χ3n) is 1.55. The van der Waals surface area contributed by atoms with Crippen LogP contribution in [0.15, 0.2) is 12.1 Å². The Hall–Kier alpha value is -1.51. The molecule has 17 heavy (non-hydrogen) atoms. The van der Waals surface area contributed by atoms with E-state index in [1.165, 1.54) is 19.1 Å². The van der Waals surface area contributed by atoms with Gasteiger partial charge < -0.3 is 4.74 Å². The fraction of sp³-hybridized carbons (Fsp3) is 0.375. The van der Waals surface area contributed by atoms with Gasteiger partial charge >= 0.3 is 6.36 Å². The molecule has 96 valence electrons. The Kier molecular flexibility index (Phi) is 3.51. The van der Waals surface area contributed by atoms with Crippen LogP contribution in [0.25, 0.3) is 0 Å². The van der Waals surface area contributed by atoms with E-state index in [0.29, 0.717) is 0 Å². The van der Waals surface area contributed by atoms with Gasteiger partial charge in [0.1, 0.15) is 5.82 Å². The Balaban J connectivity index is 3.03. The van der Waals surface area contributed by atoms with Crippen molar-refractivity contribution in [3.8, 4) is 5.88 Å². The van der Waals surface area contributed by atoms with Crippen molar-refractivity contribution in [2.24, 2.45) is 0 Å². The number of alkyl halides is 3. The van der Waals surface area contributed by atoms with Crippen LogP contribution in [0.3, 0.4) is 0 Å². The van der Waals surface area contributed by atoms with Crippen molar-refractivity contribution < 1.29 is 26.3 Å². The van der Waals surface area contributed by atoms with Crippen molar-refractivity contribution in [2.45, 2.75) is 13.3 Å². The minimum atomic E-state index is -4.87. The molecule has 1 rings (SSSR count). The molecule has 0 radical (unpaired) electrons. The van der Waals surface area contributed by atoms with Crippen LogP contribution in [0.5, 0.6) is 5.88 Å². The highest BCUT2D eigenvalue weighted by Crippen LogP contribution is 2.25. The highest BCUT2D eigenvalue weighted by molar-refractivity contribution is 7.92. The number of aryl methyl sites for hydroxylation is 1. The van der Waals surface area contributed by atoms with Gasteiger partial charge in [0.15, 0.2) is 0 Å². The number of pyridine rings is 1. The zero-order chi connectivity index (χ0) is 13.3. The highest BCUT2D eigenvalue weighted by Gasteiger charge is 2.32. The zero-order valence-corrected chi connectivity index (χ0v) is 9.69. The number of sulfonamides is 1. The van der Waals surface area contributed by atoms with E-state index in [9.17, 15) is 21.6 Å². The standard InChI is InChI=1S/C8H9F3N2O3S/c1-5-3-4-6(13-17(2,14)15)12-7(5)16-8(9,10)11/h3-4H,1-2H3,(H,12,13). The topological polar surface area (TPSA) is 68.3 Å². The Labute approximate surface area is 95.7 Å². The van der Waals surface area contributed by atoms with Crippen molar-refractivity contribution >= 4 is 15.8 Å². The summed E-state index contributed by atoms with van der Waals surface area (Å²) >= 11 is 0. The molecule has 0 saturated carbocycles. The Morgan fingerprint density at radius 3 is 2.41 bits per heavy atom. The second-order valence-electron chi connectivity index (χ2n) is 3.24. The summed E-state index contributed by atoms with van der Waals surface area (Å²) in [4.78, 5) is 3.41. The lowest BCUT2D eigenvalue weighted by molar-refractivity contribution is -0.276. The van der Waals surface area contributed by atoms with Gasteiger partial charge in [-0.3, -0.25) is 4.72 Å². The summed E-state index contributed by atoms with van der Waals surface area (Å²) < 4.78 is 63.3. The SMILES string of the molecule is Cc1ccc(NS(C)(=O)=O)nc1OC(F)(F)F. The number of nitrogens with zero attached hydrogens (tertiary/aromatic N) is 1. The maximum absolute atomic E-state index is 12.0. The van der Waals surface area contributed by atoms with Crippen LogP contribution in [0.4, 0.5) is 19.0 Å². The smallest absolute Gasteiger partial charge is 0.388 e. The molecule has 0 aliphatic rings. The molecule has 0 bridgehead atoms. The van der Waals surface area contributed by atoms with Gasteiger partial charge in [-0.1, -0.05) is 6.07 Å². The molecule has 0 fully saturated rings. The molecule has 0 aromatic carbocycles. The minimum absolute atomic E-state index is 0.140. The number of anilines is 1. The molecular weight excluding hydrogens is 261 g/mol. The first-order valence-electron chi connectivity index (χ1n) is 4.28. The quantitative estimate of drug-likeness (QED) is 0.907.